The molecule has 6 heteroatoms. The number of hydrogen-bond donors (Lipinski definition) is 0. The van der Waals surface area contributed by atoms with Crippen molar-refractivity contribution in [2.45, 2.75) is 0 Å². The molecule has 0 spiro atoms. The lowest BCUT2D eigenvalue weighted by atomic mass is 10.2. The fourth-order valence-corrected chi connectivity index (χ4v) is 2.36. The molecule has 0 fully saturated rings. The maximum Gasteiger partial charge on any atom is 0.363 e. The Hall–Kier alpha value is -1.41. The van der Waals surface area contributed by atoms with Crippen LogP contribution in [-0.4, -0.2) is 11.9 Å². The molecule has 100 valence electrons. The van der Waals surface area contributed by atoms with E-state index >= 15 is 0 Å². The number of aliphatic imine (C=N–C) groups is 1. The van der Waals surface area contributed by atoms with Crippen LogP contribution in [0.4, 0.5) is 0 Å². The normalized spacial score (nSPS) is 16.4. The summed E-state index contributed by atoms with van der Waals surface area (Å²) in [5.74, 6) is 0.395. The molecule has 0 aliphatic carbocycles. The number of esters is 1. The molecule has 2 aromatic rings. The number of halogens is 2. The summed E-state index contributed by atoms with van der Waals surface area (Å²) in [6.07, 6.45) is 1.57. The number of benzene rings is 1. The van der Waals surface area contributed by atoms with E-state index < -0.39 is 5.97 Å². The van der Waals surface area contributed by atoms with Gasteiger partial charge in [-0.15, -0.1) is 0 Å². The minimum Gasteiger partial charge on any atom is -0.451 e. The molecular formula is C14H7BrINO3. The third kappa shape index (κ3) is 2.85. The fourth-order valence-electron chi connectivity index (χ4n) is 1.67. The molecule has 0 N–H and O–H groups in total. The van der Waals surface area contributed by atoms with E-state index in [2.05, 4.69) is 43.5 Å². The predicted molar refractivity (Wildman–Crippen MR) is 86.2 cm³/mol. The van der Waals surface area contributed by atoms with Crippen LogP contribution in [0.2, 0.25) is 0 Å². The summed E-state index contributed by atoms with van der Waals surface area (Å²) in [4.78, 5) is 16.0. The van der Waals surface area contributed by atoms with Gasteiger partial charge in [-0.05, 0) is 59.0 Å². The van der Waals surface area contributed by atoms with Crippen molar-refractivity contribution in [2.75, 3.05) is 0 Å². The molecule has 0 bridgehead atoms. The van der Waals surface area contributed by atoms with Crippen LogP contribution in [0.3, 0.4) is 0 Å². The van der Waals surface area contributed by atoms with Gasteiger partial charge in [0.2, 0.25) is 5.90 Å². The standard InChI is InChI=1S/C14H7BrINO3/c15-9-3-1-8(2-4-9)13-17-11(14(18)20-13)7-10-5-6-12(16)19-10/h1-7H/b11-7-. The zero-order chi connectivity index (χ0) is 14.1. The molecule has 0 radical (unpaired) electrons. The highest BCUT2D eigenvalue weighted by Crippen LogP contribution is 2.21. The minimum absolute atomic E-state index is 0.230. The maximum absolute atomic E-state index is 11.8. The highest BCUT2D eigenvalue weighted by Gasteiger charge is 2.24. The van der Waals surface area contributed by atoms with Crippen LogP contribution < -0.4 is 0 Å². The van der Waals surface area contributed by atoms with Crippen LogP contribution in [0.15, 0.2) is 56.0 Å². The molecular weight excluding hydrogens is 437 g/mol. The van der Waals surface area contributed by atoms with Gasteiger partial charge in [0.05, 0.1) is 0 Å². The van der Waals surface area contributed by atoms with Crippen LogP contribution in [0.25, 0.3) is 6.08 Å². The Balaban J connectivity index is 1.92. The molecule has 1 aromatic carbocycles. The summed E-state index contributed by atoms with van der Waals surface area (Å²) in [7, 11) is 0. The second kappa shape index (κ2) is 5.53. The fraction of sp³-hybridized carbons (Fsp3) is 0. The Morgan fingerprint density at radius 2 is 1.90 bits per heavy atom. The number of carbonyl (C=O) groups excluding carboxylic acids is 1. The van der Waals surface area contributed by atoms with E-state index in [1.807, 2.05) is 30.3 Å². The Bertz CT molecular complexity index is 731. The predicted octanol–water partition coefficient (Wildman–Crippen LogP) is 3.99. The monoisotopic (exact) mass is 443 g/mol. The van der Waals surface area contributed by atoms with Gasteiger partial charge in [0.25, 0.3) is 0 Å². The lowest BCUT2D eigenvalue weighted by molar-refractivity contribution is -0.129. The molecule has 1 aliphatic rings. The van der Waals surface area contributed by atoms with Crippen molar-refractivity contribution in [3.8, 4) is 0 Å². The van der Waals surface area contributed by atoms with Gasteiger partial charge < -0.3 is 9.15 Å². The van der Waals surface area contributed by atoms with Gasteiger partial charge in [0.15, 0.2) is 9.46 Å². The van der Waals surface area contributed by atoms with Crippen LogP contribution >= 0.6 is 38.5 Å². The second-order valence-corrected chi connectivity index (χ2v) is 5.96. The van der Waals surface area contributed by atoms with Crippen molar-refractivity contribution in [3.05, 3.63) is 61.7 Å². The molecule has 20 heavy (non-hydrogen) atoms. The Morgan fingerprint density at radius 1 is 1.15 bits per heavy atom. The van der Waals surface area contributed by atoms with Gasteiger partial charge >= 0.3 is 5.97 Å². The number of ether oxygens (including phenoxy) is 1. The summed E-state index contributed by atoms with van der Waals surface area (Å²) in [6.45, 7) is 0. The Labute approximate surface area is 136 Å². The second-order valence-electron chi connectivity index (χ2n) is 3.98. The number of carbonyl (C=O) groups is 1. The average molecular weight is 444 g/mol. The highest BCUT2D eigenvalue weighted by molar-refractivity contribution is 14.1. The molecule has 3 rings (SSSR count). The van der Waals surface area contributed by atoms with Gasteiger partial charge in [0, 0.05) is 16.1 Å². The van der Waals surface area contributed by atoms with Crippen molar-refractivity contribution in [1.82, 2.24) is 0 Å². The molecule has 1 aliphatic heterocycles. The van der Waals surface area contributed by atoms with E-state index in [0.29, 0.717) is 11.7 Å². The quantitative estimate of drug-likeness (QED) is 0.400. The zero-order valence-electron chi connectivity index (χ0n) is 9.97. The maximum atomic E-state index is 11.8. The molecule has 2 heterocycles. The van der Waals surface area contributed by atoms with Crippen LogP contribution in [0.5, 0.6) is 0 Å². The first-order chi connectivity index (χ1) is 9.61. The van der Waals surface area contributed by atoms with Gasteiger partial charge in [-0.3, -0.25) is 0 Å². The van der Waals surface area contributed by atoms with Gasteiger partial charge in [-0.25, -0.2) is 9.79 Å². The number of hydrogen-bond acceptors (Lipinski definition) is 4. The minimum atomic E-state index is -0.477. The van der Waals surface area contributed by atoms with Crippen molar-refractivity contribution in [3.63, 3.8) is 0 Å². The van der Waals surface area contributed by atoms with Crippen LogP contribution in [-0.2, 0) is 9.53 Å². The first-order valence-corrected chi connectivity index (χ1v) is 7.53. The first kappa shape index (κ1) is 13.6. The molecule has 0 saturated heterocycles. The highest BCUT2D eigenvalue weighted by atomic mass is 127. The summed E-state index contributed by atoms with van der Waals surface area (Å²) < 4.78 is 12.2. The van der Waals surface area contributed by atoms with Crippen molar-refractivity contribution >= 4 is 56.5 Å². The van der Waals surface area contributed by atoms with Gasteiger partial charge in [-0.2, -0.15) is 0 Å². The van der Waals surface area contributed by atoms with Crippen molar-refractivity contribution in [2.24, 2.45) is 4.99 Å². The summed E-state index contributed by atoms with van der Waals surface area (Å²) >= 11 is 5.41. The van der Waals surface area contributed by atoms with E-state index in [9.17, 15) is 4.79 Å². The molecule has 4 nitrogen and oxygen atoms in total. The largest absolute Gasteiger partial charge is 0.451 e. The Morgan fingerprint density at radius 3 is 2.55 bits per heavy atom. The number of rotatable bonds is 2. The van der Waals surface area contributed by atoms with Gasteiger partial charge in [-0.1, -0.05) is 15.9 Å². The number of cyclic esters (lactones) is 1. The van der Waals surface area contributed by atoms with Crippen molar-refractivity contribution in [1.29, 1.82) is 0 Å². The molecule has 0 saturated carbocycles. The lowest BCUT2D eigenvalue weighted by Gasteiger charge is -1.98. The van der Waals surface area contributed by atoms with E-state index in [4.69, 9.17) is 9.15 Å². The molecule has 1 aromatic heterocycles. The zero-order valence-corrected chi connectivity index (χ0v) is 13.7. The van der Waals surface area contributed by atoms with E-state index in [-0.39, 0.29) is 5.70 Å². The van der Waals surface area contributed by atoms with Gasteiger partial charge in [0.1, 0.15) is 5.76 Å². The first-order valence-electron chi connectivity index (χ1n) is 5.66. The van der Waals surface area contributed by atoms with Crippen LogP contribution in [0.1, 0.15) is 11.3 Å². The van der Waals surface area contributed by atoms with E-state index in [0.717, 1.165) is 13.8 Å². The molecule has 0 unspecified atom stereocenters. The SMILES string of the molecule is O=C1OC(c2ccc(Br)cc2)=N/C1=C\c1ccc(I)o1. The number of furan rings is 1. The van der Waals surface area contributed by atoms with Crippen molar-refractivity contribution < 1.29 is 13.9 Å². The third-order valence-electron chi connectivity index (χ3n) is 2.58. The number of nitrogens with zero attached hydrogens (tertiary/aromatic N) is 1. The lowest BCUT2D eigenvalue weighted by Crippen LogP contribution is -2.05. The average Bonchev–Trinajstić information content (AvgIpc) is 2.98. The molecule has 0 amide bonds. The Kier molecular flexibility index (Phi) is 3.75. The summed E-state index contributed by atoms with van der Waals surface area (Å²) in [5.41, 5.74) is 0.979. The topological polar surface area (TPSA) is 51.8 Å². The smallest absolute Gasteiger partial charge is 0.363 e. The third-order valence-corrected chi connectivity index (χ3v) is 3.69. The van der Waals surface area contributed by atoms with E-state index in [1.54, 1.807) is 12.1 Å². The summed E-state index contributed by atoms with van der Waals surface area (Å²) in [6, 6.07) is 11.0. The molecule has 0 atom stereocenters. The van der Waals surface area contributed by atoms with Crippen LogP contribution in [0, 0.1) is 3.77 Å². The summed E-state index contributed by atoms with van der Waals surface area (Å²) in [5, 5.41) is 0. The van der Waals surface area contributed by atoms with E-state index in [1.165, 1.54) is 0 Å².